The van der Waals surface area contributed by atoms with Gasteiger partial charge in [-0.3, -0.25) is 0 Å². The Hall–Kier alpha value is -3.11. The first kappa shape index (κ1) is 39.1. The van der Waals surface area contributed by atoms with Gasteiger partial charge in [0.1, 0.15) is 11.9 Å². The predicted molar refractivity (Wildman–Crippen MR) is 216 cm³/mol. The van der Waals surface area contributed by atoms with Crippen LogP contribution in [0.3, 0.4) is 0 Å². The number of aliphatic hydroxyl groups excluding tert-OH is 4. The maximum Gasteiger partial charge on any atom is 0.161 e. The van der Waals surface area contributed by atoms with Gasteiger partial charge in [-0.1, -0.05) is 64.8 Å². The number of fused-ring (bicyclic) bond motifs is 5. The average molecular weight is 774 g/mol. The first-order valence-corrected chi connectivity index (χ1v) is 22.2. The fourth-order valence-corrected chi connectivity index (χ4v) is 11.7. The maximum absolute atomic E-state index is 12.0. The Bertz CT molecular complexity index is 1820. The zero-order valence-electron chi connectivity index (χ0n) is 31.1. The third-order valence-corrected chi connectivity index (χ3v) is 14.7. The van der Waals surface area contributed by atoms with E-state index >= 15 is 0 Å². The number of aryl methyl sites for hydroxylation is 1. The summed E-state index contributed by atoms with van der Waals surface area (Å²) >= 11 is 0. The van der Waals surface area contributed by atoms with Crippen molar-refractivity contribution >= 4 is 27.4 Å². The molecule has 11 heteroatoms. The number of nitrogen functional groups attached to an aromatic ring is 1. The van der Waals surface area contributed by atoms with Gasteiger partial charge in [0.25, 0.3) is 0 Å². The lowest BCUT2D eigenvalue weighted by molar-refractivity contribution is -0.0195. The number of H-pyrrole nitrogens is 1. The summed E-state index contributed by atoms with van der Waals surface area (Å²) in [5, 5.41) is 57.3. The molecule has 3 aromatic rings. The van der Waals surface area contributed by atoms with Gasteiger partial charge in [-0.25, -0.2) is 4.98 Å². The molecule has 0 amide bonds. The number of allylic oxidation sites excluding steroid dienone is 2. The van der Waals surface area contributed by atoms with Crippen molar-refractivity contribution in [2.45, 2.75) is 113 Å². The van der Waals surface area contributed by atoms with Crippen molar-refractivity contribution in [3.8, 4) is 23.3 Å². The number of pyridine rings is 1. The van der Waals surface area contributed by atoms with Crippen LogP contribution in [0.2, 0.25) is 0 Å². The minimum absolute atomic E-state index is 0.00171. The monoisotopic (exact) mass is 773 g/mol. The molecule has 54 heavy (non-hydrogen) atoms. The molecule has 0 saturated carbocycles. The summed E-state index contributed by atoms with van der Waals surface area (Å²) < 4.78 is 6.77. The van der Waals surface area contributed by atoms with Crippen LogP contribution < -0.4 is 10.5 Å². The van der Waals surface area contributed by atoms with Crippen molar-refractivity contribution in [3.63, 3.8) is 0 Å². The van der Waals surface area contributed by atoms with Crippen molar-refractivity contribution in [1.29, 1.82) is 0 Å². The van der Waals surface area contributed by atoms with E-state index in [0.717, 1.165) is 66.5 Å². The van der Waals surface area contributed by atoms with Crippen LogP contribution in [0.1, 0.15) is 98.1 Å². The largest absolute Gasteiger partial charge is 0.504 e. The number of nitrogens with zero attached hydrogens (tertiary/aromatic N) is 1. The van der Waals surface area contributed by atoms with Crippen molar-refractivity contribution < 1.29 is 30.3 Å². The van der Waals surface area contributed by atoms with Crippen LogP contribution in [0.15, 0.2) is 54.4 Å². The van der Waals surface area contributed by atoms with Crippen LogP contribution in [-0.2, 0) is 18.6 Å². The highest BCUT2D eigenvalue weighted by atomic mass is 33.1. The summed E-state index contributed by atoms with van der Waals surface area (Å²) in [6.07, 6.45) is 10.2. The number of aromatic amines is 1. The van der Waals surface area contributed by atoms with Crippen LogP contribution in [0, 0.1) is 35.5 Å². The second-order valence-corrected chi connectivity index (χ2v) is 18.2. The molecule has 3 aliphatic carbocycles. The van der Waals surface area contributed by atoms with Crippen molar-refractivity contribution in [1.82, 2.24) is 9.97 Å². The molecular formula is C43H55N3O6S2. The number of nitrogens with one attached hydrogen (secondary N) is 1. The van der Waals surface area contributed by atoms with Gasteiger partial charge < -0.3 is 41.0 Å². The van der Waals surface area contributed by atoms with Gasteiger partial charge in [0.15, 0.2) is 11.5 Å². The quantitative estimate of drug-likeness (QED) is 0.0821. The highest BCUT2D eigenvalue weighted by Gasteiger charge is 2.41. The van der Waals surface area contributed by atoms with Crippen molar-refractivity contribution in [2.75, 3.05) is 18.1 Å². The summed E-state index contributed by atoms with van der Waals surface area (Å²) in [4.78, 5) is 7.74. The van der Waals surface area contributed by atoms with E-state index < -0.39 is 30.3 Å². The number of phenols is 1. The second-order valence-electron chi connectivity index (χ2n) is 15.7. The molecule has 3 heterocycles. The highest BCUT2D eigenvalue weighted by Crippen LogP contribution is 2.48. The zero-order valence-corrected chi connectivity index (χ0v) is 32.7. The Labute approximate surface area is 327 Å². The Kier molecular flexibility index (Phi) is 12.9. The van der Waals surface area contributed by atoms with E-state index in [1.807, 2.05) is 30.5 Å². The Morgan fingerprint density at radius 2 is 1.87 bits per heavy atom. The number of nitrogens with two attached hydrogens (primary N) is 1. The van der Waals surface area contributed by atoms with E-state index in [4.69, 9.17) is 10.5 Å². The van der Waals surface area contributed by atoms with Crippen molar-refractivity contribution in [2.24, 2.45) is 23.7 Å². The molecule has 1 aromatic carbocycles. The smallest absolute Gasteiger partial charge is 0.161 e. The number of rotatable bonds is 6. The molecule has 1 aliphatic heterocycles. The molecule has 10 atom stereocenters. The van der Waals surface area contributed by atoms with E-state index in [2.05, 4.69) is 34.8 Å². The lowest BCUT2D eigenvalue weighted by atomic mass is 9.76. The van der Waals surface area contributed by atoms with Gasteiger partial charge in [0.05, 0.1) is 18.3 Å². The lowest BCUT2D eigenvalue weighted by Crippen LogP contribution is -2.41. The molecular weight excluding hydrogens is 719 g/mol. The number of benzene rings is 1. The standard InChI is InChI=1S/C43H55N3O6S2/c1-2-25-6-3-4-8-36(48)41-28(10-9-25)16-26-11-12-27-18-37(49)39(21-34(27)33(26)20-38(41)50)52-40-19-29(17-31-7-5-14-45-31)32-13-15-46-43(44)35(32)24-54-53-23-30(22-47)42(40)51/h5,7,13-16,18,21,25,28-30,33,36,38,40-42,45,47-51H,2-4,6,8,11-12,17,19-20,22-24H2,1H3,(H2,44,46). The predicted octanol–water partition coefficient (Wildman–Crippen LogP) is 6.64. The summed E-state index contributed by atoms with van der Waals surface area (Å²) in [7, 11) is 3.21. The zero-order chi connectivity index (χ0) is 37.8. The second kappa shape index (κ2) is 17.8. The van der Waals surface area contributed by atoms with Gasteiger partial charge in [-0.05, 0) is 104 Å². The first-order chi connectivity index (χ1) is 26.2. The number of aromatic hydroxyl groups is 1. The van der Waals surface area contributed by atoms with Crippen LogP contribution >= 0.6 is 21.6 Å². The Morgan fingerprint density at radius 3 is 2.67 bits per heavy atom. The molecule has 8 N–H and O–H groups in total. The molecule has 7 rings (SSSR count). The summed E-state index contributed by atoms with van der Waals surface area (Å²) in [6, 6.07) is 9.70. The van der Waals surface area contributed by atoms with Gasteiger partial charge >= 0.3 is 0 Å². The minimum Gasteiger partial charge on any atom is -0.504 e. The molecule has 0 radical (unpaired) electrons. The summed E-state index contributed by atoms with van der Waals surface area (Å²) in [5.41, 5.74) is 12.7. The number of anilines is 1. The molecule has 2 aromatic heterocycles. The van der Waals surface area contributed by atoms with Gasteiger partial charge in [-0.15, -0.1) is 0 Å². The maximum atomic E-state index is 12.0. The number of hydrogen-bond acceptors (Lipinski definition) is 10. The van der Waals surface area contributed by atoms with Crippen LogP contribution in [-0.4, -0.2) is 72.3 Å². The lowest BCUT2D eigenvalue weighted by Gasteiger charge is -2.34. The SMILES string of the molecule is CCC1C#CC2C=C3CCc4cc(O)c(OC5CC(Cc6ccc[nH]6)c6ccnc(N)c6CSSCC(CO)C5O)cc4C3CC(O)C2C(O)CCCC1. The number of phenolic OH excluding ortho intramolecular Hbond substituents is 1. The number of aromatic nitrogens is 2. The average Bonchev–Trinajstić information content (AvgIpc) is 3.62. The normalized spacial score (nSPS) is 31.8. The molecule has 0 spiro atoms. The molecule has 4 aliphatic rings. The Balaban J connectivity index is 1.25. The summed E-state index contributed by atoms with van der Waals surface area (Å²) in [5.74, 6) is 7.91. The minimum atomic E-state index is -1.03. The van der Waals surface area contributed by atoms with Crippen LogP contribution in [0.25, 0.3) is 0 Å². The van der Waals surface area contributed by atoms with Crippen molar-refractivity contribution in [3.05, 3.63) is 82.3 Å². The number of aliphatic hydroxyl groups is 4. The number of hydrogen-bond donors (Lipinski definition) is 7. The van der Waals surface area contributed by atoms with E-state index in [9.17, 15) is 25.5 Å². The Morgan fingerprint density at radius 1 is 1.02 bits per heavy atom. The van der Waals surface area contributed by atoms with E-state index in [1.54, 1.807) is 33.9 Å². The fourth-order valence-electron chi connectivity index (χ4n) is 9.18. The third-order valence-electron chi connectivity index (χ3n) is 12.3. The van der Waals surface area contributed by atoms with Crippen LogP contribution in [0.4, 0.5) is 5.82 Å². The van der Waals surface area contributed by atoms with E-state index in [0.29, 0.717) is 48.9 Å². The molecule has 10 unspecified atom stereocenters. The summed E-state index contributed by atoms with van der Waals surface area (Å²) in [6.45, 7) is 1.96. The third kappa shape index (κ3) is 8.64. The molecule has 290 valence electrons. The topological polar surface area (TPSA) is 165 Å². The van der Waals surface area contributed by atoms with E-state index in [-0.39, 0.29) is 41.8 Å². The molecule has 9 nitrogen and oxygen atoms in total. The van der Waals surface area contributed by atoms with Crippen LogP contribution in [0.5, 0.6) is 11.5 Å². The van der Waals surface area contributed by atoms with Gasteiger partial charge in [-0.2, -0.15) is 0 Å². The number of ether oxygens (including phenoxy) is 1. The van der Waals surface area contributed by atoms with Gasteiger partial charge in [0, 0.05) is 71.4 Å². The van der Waals surface area contributed by atoms with E-state index in [1.165, 1.54) is 5.57 Å². The first-order valence-electron chi connectivity index (χ1n) is 19.7. The molecule has 0 bridgehead atoms. The highest BCUT2D eigenvalue weighted by molar-refractivity contribution is 8.76. The molecule has 0 saturated heterocycles. The van der Waals surface area contributed by atoms with Gasteiger partial charge in [0.2, 0.25) is 0 Å². The molecule has 0 fully saturated rings. The fraction of sp³-hybridized carbons (Fsp3) is 0.558.